The van der Waals surface area contributed by atoms with Crippen molar-refractivity contribution in [2.45, 2.75) is 17.0 Å². The summed E-state index contributed by atoms with van der Waals surface area (Å²) in [7, 11) is 1.36. The van der Waals surface area contributed by atoms with Crippen molar-refractivity contribution in [2.24, 2.45) is 0 Å². The normalized spacial score (nSPS) is 18.0. The van der Waals surface area contributed by atoms with Gasteiger partial charge < -0.3 is 10.1 Å². The third-order valence-electron chi connectivity index (χ3n) is 5.47. The smallest absolute Gasteiger partial charge is 0.315 e. The first-order valence-corrected chi connectivity index (χ1v) is 11.1. The van der Waals surface area contributed by atoms with Crippen molar-refractivity contribution in [3.05, 3.63) is 108 Å². The Morgan fingerprint density at radius 2 is 1.35 bits per heavy atom. The molecule has 2 N–H and O–H groups in total. The molecule has 6 heteroatoms. The molecule has 2 atom stereocenters. The van der Waals surface area contributed by atoms with E-state index >= 15 is 0 Å². The number of carbonyl (C=O) groups is 2. The Morgan fingerprint density at radius 3 is 1.74 bits per heavy atom. The molecular weight excluding hydrogens is 408 g/mol. The van der Waals surface area contributed by atoms with Gasteiger partial charge in [0, 0.05) is 0 Å². The van der Waals surface area contributed by atoms with E-state index < -0.39 is 11.6 Å². The lowest BCUT2D eigenvalue weighted by atomic mass is 9.76. The zero-order chi connectivity index (χ0) is 21.7. The number of nitrogens with one attached hydrogen (secondary N) is 2. The van der Waals surface area contributed by atoms with Crippen molar-refractivity contribution in [3.8, 4) is 0 Å². The Hall–Kier alpha value is -3.09. The number of rotatable bonds is 8. The van der Waals surface area contributed by atoms with Crippen molar-refractivity contribution in [3.63, 3.8) is 0 Å². The van der Waals surface area contributed by atoms with Crippen LogP contribution < -0.4 is 10.6 Å². The average Bonchev–Trinajstić information content (AvgIpc) is 2.84. The van der Waals surface area contributed by atoms with Crippen LogP contribution in [0.15, 0.2) is 91.0 Å². The summed E-state index contributed by atoms with van der Waals surface area (Å²) < 4.78 is 4.75. The van der Waals surface area contributed by atoms with Crippen LogP contribution in [0.1, 0.15) is 16.7 Å². The molecule has 1 heterocycles. The second kappa shape index (κ2) is 9.37. The molecule has 1 aliphatic heterocycles. The van der Waals surface area contributed by atoms with E-state index in [1.54, 1.807) is 0 Å². The first kappa shape index (κ1) is 21.2. The summed E-state index contributed by atoms with van der Waals surface area (Å²) in [5, 5.41) is 6.34. The SMILES string of the molecule is COC(=O)CS[C@H]1NC(=O)[C@H]1NC(c1ccccc1)(c1ccccc1)c1ccccc1. The molecule has 5 nitrogen and oxygen atoms in total. The van der Waals surface area contributed by atoms with Crippen molar-refractivity contribution in [1.29, 1.82) is 0 Å². The van der Waals surface area contributed by atoms with E-state index in [-0.39, 0.29) is 23.0 Å². The Morgan fingerprint density at radius 1 is 0.903 bits per heavy atom. The topological polar surface area (TPSA) is 67.4 Å². The molecule has 1 fully saturated rings. The maximum Gasteiger partial charge on any atom is 0.315 e. The number of thioether (sulfide) groups is 1. The molecule has 1 aliphatic rings. The Bertz CT molecular complexity index is 932. The lowest BCUT2D eigenvalue weighted by Gasteiger charge is -2.45. The molecule has 0 aromatic heterocycles. The van der Waals surface area contributed by atoms with Gasteiger partial charge in [-0.05, 0) is 16.7 Å². The summed E-state index contributed by atoms with van der Waals surface area (Å²) >= 11 is 1.37. The van der Waals surface area contributed by atoms with Gasteiger partial charge in [-0.25, -0.2) is 0 Å². The molecule has 158 valence electrons. The second-order valence-corrected chi connectivity index (χ2v) is 8.42. The molecule has 4 rings (SSSR count). The summed E-state index contributed by atoms with van der Waals surface area (Å²) in [5.74, 6) is -0.228. The van der Waals surface area contributed by atoms with Gasteiger partial charge in [-0.2, -0.15) is 0 Å². The molecule has 31 heavy (non-hydrogen) atoms. The number of methoxy groups -OCH3 is 1. The molecule has 0 bridgehead atoms. The quantitative estimate of drug-likeness (QED) is 0.325. The fourth-order valence-corrected chi connectivity index (χ4v) is 4.92. The highest BCUT2D eigenvalue weighted by atomic mass is 32.2. The van der Waals surface area contributed by atoms with Crippen LogP contribution in [0.3, 0.4) is 0 Å². The van der Waals surface area contributed by atoms with Crippen LogP contribution in [0.25, 0.3) is 0 Å². The minimum Gasteiger partial charge on any atom is -0.468 e. The van der Waals surface area contributed by atoms with E-state index in [0.29, 0.717) is 0 Å². The summed E-state index contributed by atoms with van der Waals surface area (Å²) in [6, 6.07) is 29.9. The van der Waals surface area contributed by atoms with E-state index in [4.69, 9.17) is 4.74 Å². The number of hydrogen-bond acceptors (Lipinski definition) is 5. The molecule has 0 radical (unpaired) electrons. The minimum atomic E-state index is -0.740. The number of carbonyl (C=O) groups excluding carboxylic acids is 2. The van der Waals surface area contributed by atoms with E-state index in [1.807, 2.05) is 54.6 Å². The maximum absolute atomic E-state index is 12.6. The lowest BCUT2D eigenvalue weighted by Crippen LogP contribution is -2.70. The number of β-lactam (4-membered cyclic amide) rings is 1. The summed E-state index contributed by atoms with van der Waals surface area (Å²) in [5.41, 5.74) is 2.35. The third-order valence-corrected chi connectivity index (χ3v) is 6.62. The Kier molecular flexibility index (Phi) is 6.39. The van der Waals surface area contributed by atoms with Crippen molar-refractivity contribution >= 4 is 23.6 Å². The third kappa shape index (κ3) is 4.22. The van der Waals surface area contributed by atoms with Crippen LogP contribution in [0, 0.1) is 0 Å². The monoisotopic (exact) mass is 432 g/mol. The van der Waals surface area contributed by atoms with Crippen LogP contribution >= 0.6 is 11.8 Å². The summed E-state index contributed by atoms with van der Waals surface area (Å²) in [6.45, 7) is 0. The molecule has 3 aromatic rings. The molecule has 0 spiro atoms. The zero-order valence-corrected chi connectivity index (χ0v) is 18.0. The minimum absolute atomic E-state index is 0.0884. The highest BCUT2D eigenvalue weighted by Crippen LogP contribution is 2.38. The first-order chi connectivity index (χ1) is 15.1. The largest absolute Gasteiger partial charge is 0.468 e. The van der Waals surface area contributed by atoms with E-state index in [1.165, 1.54) is 18.9 Å². The standard InChI is InChI=1S/C25H24N2O3S/c1-30-21(28)17-31-24-22(23(29)26-24)27-25(18-11-5-2-6-12-18,19-13-7-3-8-14-19)20-15-9-4-10-16-20/h2-16,22,24,27H,17H2,1H3,(H,26,29)/t22-,24-/m1/s1. The lowest BCUT2D eigenvalue weighted by molar-refractivity contribution is -0.137. The molecular formula is C25H24N2O3S. The fraction of sp³-hybridized carbons (Fsp3) is 0.200. The van der Waals surface area contributed by atoms with E-state index in [2.05, 4.69) is 47.0 Å². The van der Waals surface area contributed by atoms with Gasteiger partial charge in [-0.15, -0.1) is 11.8 Å². The van der Waals surface area contributed by atoms with E-state index in [9.17, 15) is 9.59 Å². The predicted molar refractivity (Wildman–Crippen MR) is 123 cm³/mol. The maximum atomic E-state index is 12.6. The molecule has 0 aliphatic carbocycles. The van der Waals surface area contributed by atoms with Gasteiger partial charge in [0.1, 0.15) is 6.04 Å². The number of amides is 1. The average molecular weight is 433 g/mol. The molecule has 1 saturated heterocycles. The van der Waals surface area contributed by atoms with Gasteiger partial charge >= 0.3 is 5.97 Å². The second-order valence-electron chi connectivity index (χ2n) is 7.29. The number of esters is 1. The summed E-state index contributed by atoms with van der Waals surface area (Å²) in [6.07, 6.45) is 0. The fourth-order valence-electron chi connectivity index (χ4n) is 3.90. The van der Waals surface area contributed by atoms with Gasteiger partial charge in [-0.3, -0.25) is 14.9 Å². The van der Waals surface area contributed by atoms with Crippen LogP contribution in [-0.2, 0) is 19.9 Å². The number of hydrogen-bond donors (Lipinski definition) is 2. The van der Waals surface area contributed by atoms with Crippen LogP contribution in [0.2, 0.25) is 0 Å². The van der Waals surface area contributed by atoms with Gasteiger partial charge in [0.15, 0.2) is 0 Å². The van der Waals surface area contributed by atoms with Gasteiger partial charge in [0.25, 0.3) is 0 Å². The molecule has 1 amide bonds. The van der Waals surface area contributed by atoms with E-state index in [0.717, 1.165) is 16.7 Å². The summed E-state index contributed by atoms with van der Waals surface area (Å²) in [4.78, 5) is 24.2. The highest BCUT2D eigenvalue weighted by molar-refractivity contribution is 8.00. The zero-order valence-electron chi connectivity index (χ0n) is 17.2. The van der Waals surface area contributed by atoms with Gasteiger partial charge in [-0.1, -0.05) is 91.0 Å². The van der Waals surface area contributed by atoms with Crippen LogP contribution in [-0.4, -0.2) is 36.2 Å². The van der Waals surface area contributed by atoms with Gasteiger partial charge in [0.05, 0.1) is 23.8 Å². The highest BCUT2D eigenvalue weighted by Gasteiger charge is 2.47. The molecule has 0 saturated carbocycles. The van der Waals surface area contributed by atoms with Gasteiger partial charge in [0.2, 0.25) is 5.91 Å². The molecule has 0 unspecified atom stereocenters. The Balaban J connectivity index is 1.79. The van der Waals surface area contributed by atoms with Crippen LogP contribution in [0.4, 0.5) is 0 Å². The number of ether oxygens (including phenoxy) is 1. The first-order valence-electron chi connectivity index (χ1n) is 10.1. The molecule has 3 aromatic carbocycles. The van der Waals surface area contributed by atoms with Crippen LogP contribution in [0.5, 0.6) is 0 Å². The van der Waals surface area contributed by atoms with Crippen molar-refractivity contribution < 1.29 is 14.3 Å². The number of benzene rings is 3. The van der Waals surface area contributed by atoms with Crippen molar-refractivity contribution in [1.82, 2.24) is 10.6 Å². The predicted octanol–water partition coefficient (Wildman–Crippen LogP) is 3.30. The Labute approximate surface area is 186 Å². The van der Waals surface area contributed by atoms with Crippen molar-refractivity contribution in [2.75, 3.05) is 12.9 Å².